The van der Waals surface area contributed by atoms with Crippen LogP contribution in [-0.4, -0.2) is 70.8 Å². The maximum Gasteiger partial charge on any atom is 0.326 e. The Kier molecular flexibility index (Phi) is 8.18. The number of nitrogens with two attached hydrogens (primary N) is 1. The second-order valence-corrected chi connectivity index (χ2v) is 7.97. The van der Waals surface area contributed by atoms with Crippen molar-refractivity contribution in [1.29, 1.82) is 5.41 Å². The van der Waals surface area contributed by atoms with Gasteiger partial charge >= 0.3 is 17.8 Å². The molecule has 0 aliphatic carbocycles. The third kappa shape index (κ3) is 6.31. The smallest absolute Gasteiger partial charge is 0.326 e. The number of carbonyl (C=O) groups excluding carboxylic acids is 2. The average Bonchev–Trinajstić information content (AvgIpc) is 2.80. The number of amidine groups is 1. The number of nitrogens with zero attached hydrogens (tertiary/aromatic N) is 2. The fourth-order valence-electron chi connectivity index (χ4n) is 3.74. The first-order valence-electron chi connectivity index (χ1n) is 10.9. The minimum absolute atomic E-state index is 0.0190. The molecule has 0 radical (unpaired) electrons. The minimum atomic E-state index is -1.25. The van der Waals surface area contributed by atoms with Crippen LogP contribution in [0.5, 0.6) is 5.75 Å². The van der Waals surface area contributed by atoms with Crippen molar-refractivity contribution < 1.29 is 28.6 Å². The van der Waals surface area contributed by atoms with Gasteiger partial charge in [0.15, 0.2) is 0 Å². The lowest BCUT2D eigenvalue weighted by Crippen LogP contribution is -2.59. The van der Waals surface area contributed by atoms with E-state index in [0.717, 1.165) is 4.90 Å². The monoisotopic (exact) mass is 470 g/mol. The van der Waals surface area contributed by atoms with Gasteiger partial charge in [0.1, 0.15) is 23.4 Å². The number of ether oxygens (including phenoxy) is 1. The van der Waals surface area contributed by atoms with E-state index in [1.165, 1.54) is 23.1 Å². The number of piperazine rings is 1. The predicted octanol–water partition coefficient (Wildman–Crippen LogP) is 1.64. The van der Waals surface area contributed by atoms with Crippen molar-refractivity contribution in [2.45, 2.75) is 25.3 Å². The molecule has 1 aliphatic rings. The van der Waals surface area contributed by atoms with Crippen LogP contribution in [0.15, 0.2) is 48.5 Å². The van der Waals surface area contributed by atoms with Crippen LogP contribution in [0.3, 0.4) is 0 Å². The predicted molar refractivity (Wildman–Crippen MR) is 122 cm³/mol. The van der Waals surface area contributed by atoms with E-state index in [1.54, 1.807) is 30.3 Å². The lowest BCUT2D eigenvalue weighted by atomic mass is 10.0. The highest BCUT2D eigenvalue weighted by Gasteiger charge is 2.39. The molecule has 0 aromatic heterocycles. The molecule has 0 bridgehead atoms. The SMILES string of the molecule is N=C(N)c1ccc(OCCCCN2CCN(C(Cc3cccc(F)c3)C(=O)O)C(=O)C2=O)cc1. The number of unbranched alkanes of at least 4 members (excludes halogenated alkanes) is 1. The molecule has 2 aromatic rings. The van der Waals surface area contributed by atoms with Crippen LogP contribution in [0.4, 0.5) is 4.39 Å². The van der Waals surface area contributed by atoms with Gasteiger partial charge in [-0.05, 0) is 54.8 Å². The van der Waals surface area contributed by atoms with Crippen molar-refractivity contribution in [3.05, 3.63) is 65.5 Å². The van der Waals surface area contributed by atoms with Gasteiger partial charge in [-0.1, -0.05) is 12.1 Å². The Morgan fingerprint density at radius 3 is 2.50 bits per heavy atom. The quantitative estimate of drug-likeness (QED) is 0.198. The Labute approximate surface area is 196 Å². The molecule has 34 heavy (non-hydrogen) atoms. The molecule has 3 rings (SSSR count). The molecular formula is C24H27FN4O5. The van der Waals surface area contributed by atoms with Gasteiger partial charge in [-0.15, -0.1) is 0 Å². The first-order chi connectivity index (χ1) is 16.3. The third-order valence-corrected chi connectivity index (χ3v) is 5.58. The van der Waals surface area contributed by atoms with E-state index in [2.05, 4.69) is 0 Å². The average molecular weight is 471 g/mol. The van der Waals surface area contributed by atoms with Crippen LogP contribution >= 0.6 is 0 Å². The number of nitrogens with one attached hydrogen (secondary N) is 1. The molecule has 2 amide bonds. The minimum Gasteiger partial charge on any atom is -0.494 e. The van der Waals surface area contributed by atoms with Crippen molar-refractivity contribution in [3.8, 4) is 5.75 Å². The molecule has 1 fully saturated rings. The van der Waals surface area contributed by atoms with Crippen LogP contribution in [-0.2, 0) is 20.8 Å². The van der Waals surface area contributed by atoms with Gasteiger partial charge in [0.05, 0.1) is 6.61 Å². The Bertz CT molecular complexity index is 1060. The Hall–Kier alpha value is -3.95. The number of benzene rings is 2. The largest absolute Gasteiger partial charge is 0.494 e. The van der Waals surface area contributed by atoms with Gasteiger partial charge in [-0.2, -0.15) is 0 Å². The number of carboxylic acid groups (broad SMARTS) is 1. The molecule has 1 atom stereocenters. The Morgan fingerprint density at radius 1 is 1.12 bits per heavy atom. The number of aliphatic carboxylic acids is 1. The molecule has 10 heteroatoms. The number of carbonyl (C=O) groups is 3. The molecule has 1 unspecified atom stereocenters. The number of rotatable bonds is 11. The van der Waals surface area contributed by atoms with Crippen LogP contribution in [0.25, 0.3) is 0 Å². The number of nitrogen functional groups attached to an aromatic ring is 1. The molecule has 4 N–H and O–H groups in total. The van der Waals surface area contributed by atoms with E-state index in [1.807, 2.05) is 0 Å². The third-order valence-electron chi connectivity index (χ3n) is 5.58. The summed E-state index contributed by atoms with van der Waals surface area (Å²) in [5, 5.41) is 17.0. The number of carboxylic acids is 1. The van der Waals surface area contributed by atoms with Gasteiger partial charge < -0.3 is 25.4 Å². The van der Waals surface area contributed by atoms with E-state index in [0.29, 0.717) is 42.9 Å². The fraction of sp³-hybridized carbons (Fsp3) is 0.333. The molecule has 1 aliphatic heterocycles. The van der Waals surface area contributed by atoms with Gasteiger partial charge in [0.2, 0.25) is 0 Å². The first kappa shape index (κ1) is 24.7. The van der Waals surface area contributed by atoms with Gasteiger partial charge in [-0.25, -0.2) is 9.18 Å². The fourth-order valence-corrected chi connectivity index (χ4v) is 3.74. The zero-order valence-corrected chi connectivity index (χ0v) is 18.6. The number of hydrogen-bond donors (Lipinski definition) is 3. The van der Waals surface area contributed by atoms with Crippen LogP contribution in [0.2, 0.25) is 0 Å². The van der Waals surface area contributed by atoms with Crippen molar-refractivity contribution in [2.24, 2.45) is 5.73 Å². The maximum atomic E-state index is 13.5. The maximum absolute atomic E-state index is 13.5. The molecule has 0 spiro atoms. The van der Waals surface area contributed by atoms with Crippen LogP contribution in [0.1, 0.15) is 24.0 Å². The Morgan fingerprint density at radius 2 is 1.85 bits per heavy atom. The summed E-state index contributed by atoms with van der Waals surface area (Å²) in [5.41, 5.74) is 6.46. The topological polar surface area (TPSA) is 137 Å². The normalized spacial score (nSPS) is 14.7. The summed E-state index contributed by atoms with van der Waals surface area (Å²) < 4.78 is 19.1. The number of hydrogen-bond acceptors (Lipinski definition) is 5. The second kappa shape index (κ2) is 11.3. The summed E-state index contributed by atoms with van der Waals surface area (Å²) in [5.74, 6) is -2.72. The van der Waals surface area contributed by atoms with E-state index in [-0.39, 0.29) is 25.3 Å². The molecule has 1 heterocycles. The number of amides is 2. The van der Waals surface area contributed by atoms with Crippen molar-refractivity contribution in [3.63, 3.8) is 0 Å². The summed E-state index contributed by atoms with van der Waals surface area (Å²) >= 11 is 0. The number of halogens is 1. The van der Waals surface area contributed by atoms with Gasteiger partial charge in [0.25, 0.3) is 0 Å². The van der Waals surface area contributed by atoms with E-state index in [4.69, 9.17) is 15.9 Å². The lowest BCUT2D eigenvalue weighted by Gasteiger charge is -2.37. The van der Waals surface area contributed by atoms with E-state index < -0.39 is 29.6 Å². The summed E-state index contributed by atoms with van der Waals surface area (Å²) in [6, 6.07) is 11.1. The second-order valence-electron chi connectivity index (χ2n) is 7.97. The van der Waals surface area contributed by atoms with Crippen LogP contribution in [0, 0.1) is 11.2 Å². The molecule has 1 saturated heterocycles. The summed E-state index contributed by atoms with van der Waals surface area (Å²) in [7, 11) is 0. The summed E-state index contributed by atoms with van der Waals surface area (Å²) in [4.78, 5) is 39.5. The van der Waals surface area contributed by atoms with Gasteiger partial charge in [-0.3, -0.25) is 15.0 Å². The summed E-state index contributed by atoms with van der Waals surface area (Å²) in [6.07, 6.45) is 1.17. The molecule has 0 saturated carbocycles. The van der Waals surface area contributed by atoms with E-state index in [9.17, 15) is 23.9 Å². The highest BCUT2D eigenvalue weighted by atomic mass is 19.1. The lowest BCUT2D eigenvalue weighted by molar-refractivity contribution is -0.162. The Balaban J connectivity index is 1.47. The molecule has 9 nitrogen and oxygen atoms in total. The highest BCUT2D eigenvalue weighted by molar-refractivity contribution is 6.35. The first-order valence-corrected chi connectivity index (χ1v) is 10.9. The standard InChI is InChI=1S/C24H27FN4O5/c25-18-5-3-4-16(14-18)15-20(24(32)33)29-12-11-28(22(30)23(29)31)10-1-2-13-34-19-8-6-17(7-9-19)21(26)27/h3-9,14,20H,1-2,10-13,15H2,(H3,26,27)(H,32,33). The van der Waals surface area contributed by atoms with Crippen molar-refractivity contribution in [1.82, 2.24) is 9.80 Å². The molecule has 180 valence electrons. The highest BCUT2D eigenvalue weighted by Crippen LogP contribution is 2.16. The summed E-state index contributed by atoms with van der Waals surface area (Å²) in [6.45, 7) is 1.09. The van der Waals surface area contributed by atoms with Crippen LogP contribution < -0.4 is 10.5 Å². The zero-order chi connectivity index (χ0) is 24.7. The van der Waals surface area contributed by atoms with Crippen molar-refractivity contribution in [2.75, 3.05) is 26.2 Å². The van der Waals surface area contributed by atoms with E-state index >= 15 is 0 Å². The van der Waals surface area contributed by atoms with Crippen molar-refractivity contribution >= 4 is 23.6 Å². The molecular weight excluding hydrogens is 443 g/mol. The van der Waals surface area contributed by atoms with Gasteiger partial charge in [0, 0.05) is 31.6 Å². The zero-order valence-electron chi connectivity index (χ0n) is 18.6. The molecule has 2 aromatic carbocycles.